The average Bonchev–Trinajstić information content (AvgIpc) is 2.74. The molecule has 0 saturated heterocycles. The van der Waals surface area contributed by atoms with Gasteiger partial charge in [-0.3, -0.25) is 0 Å². The maximum absolute atomic E-state index is 5.65. The summed E-state index contributed by atoms with van der Waals surface area (Å²) in [6, 6.07) is 11.6. The largest absolute Gasteiger partial charge is 0.639 e. The van der Waals surface area contributed by atoms with Crippen LogP contribution in [-0.2, 0) is 0 Å². The van der Waals surface area contributed by atoms with Crippen molar-refractivity contribution in [3.8, 4) is 11.5 Å². The Morgan fingerprint density at radius 3 is 2.27 bits per heavy atom. The highest BCUT2D eigenvalue weighted by Gasteiger charge is 2.34. The molecule has 3 rings (SSSR count). The number of pyridine rings is 1. The maximum Gasteiger partial charge on any atom is 0.639 e. The van der Waals surface area contributed by atoms with E-state index in [0.29, 0.717) is 0 Å². The zero-order valence-corrected chi connectivity index (χ0v) is 8.01. The molecule has 1 aromatic carbocycles. The minimum absolute atomic E-state index is 0.333. The van der Waals surface area contributed by atoms with E-state index in [0.717, 1.165) is 17.0 Å². The van der Waals surface area contributed by atoms with Gasteiger partial charge in [-0.2, -0.15) is 0 Å². The molecule has 0 saturated carbocycles. The second-order valence-electron chi connectivity index (χ2n) is 3.35. The molecule has 2 aromatic rings. The second kappa shape index (κ2) is 3.31. The van der Waals surface area contributed by atoms with E-state index in [1.165, 1.54) is 0 Å². The van der Waals surface area contributed by atoms with E-state index in [1.807, 2.05) is 48.8 Å². The van der Waals surface area contributed by atoms with Gasteiger partial charge in [0.15, 0.2) is 12.4 Å². The molecule has 2 heterocycles. The summed E-state index contributed by atoms with van der Waals surface area (Å²) >= 11 is 0. The fraction of sp³-hybridized carbons (Fsp3) is 0. The number of fused-ring (bicyclic) bond motifs is 1. The molecule has 0 aliphatic carbocycles. The zero-order chi connectivity index (χ0) is 10.1. The number of H-pyrrole nitrogens is 1. The SMILES string of the molecule is c1c[nH+]cc(B2Oc3ccccc3O2)c1. The molecule has 4 heteroatoms. The Bertz CT molecular complexity index is 450. The lowest BCUT2D eigenvalue weighted by atomic mass is 9.81. The molecule has 0 spiro atoms. The van der Waals surface area contributed by atoms with Gasteiger partial charge < -0.3 is 9.31 Å². The van der Waals surface area contributed by atoms with Crippen LogP contribution in [0.5, 0.6) is 11.5 Å². The van der Waals surface area contributed by atoms with Crippen LogP contribution >= 0.6 is 0 Å². The number of aromatic amines is 1. The highest BCUT2D eigenvalue weighted by atomic mass is 16.6. The summed E-state index contributed by atoms with van der Waals surface area (Å²) in [6.45, 7) is 0. The molecule has 0 radical (unpaired) electrons. The summed E-state index contributed by atoms with van der Waals surface area (Å²) < 4.78 is 11.3. The first kappa shape index (κ1) is 8.35. The smallest absolute Gasteiger partial charge is 0.519 e. The molecule has 3 nitrogen and oxygen atoms in total. The topological polar surface area (TPSA) is 32.6 Å². The van der Waals surface area contributed by atoms with Crippen LogP contribution in [0.3, 0.4) is 0 Å². The van der Waals surface area contributed by atoms with Crippen molar-refractivity contribution >= 4 is 12.6 Å². The fourth-order valence-electron chi connectivity index (χ4n) is 1.59. The van der Waals surface area contributed by atoms with Gasteiger partial charge in [0.1, 0.15) is 11.5 Å². The van der Waals surface area contributed by atoms with Gasteiger partial charge >= 0.3 is 7.12 Å². The first-order valence-corrected chi connectivity index (χ1v) is 4.82. The van der Waals surface area contributed by atoms with Crippen molar-refractivity contribution in [2.24, 2.45) is 0 Å². The van der Waals surface area contributed by atoms with E-state index >= 15 is 0 Å². The Balaban J connectivity index is 1.91. The van der Waals surface area contributed by atoms with Crippen LogP contribution in [0.1, 0.15) is 0 Å². The quantitative estimate of drug-likeness (QED) is 0.630. The van der Waals surface area contributed by atoms with Crippen LogP contribution < -0.4 is 19.8 Å². The lowest BCUT2D eigenvalue weighted by Gasteiger charge is -2.00. The molecule has 15 heavy (non-hydrogen) atoms. The fourth-order valence-corrected chi connectivity index (χ4v) is 1.59. The van der Waals surface area contributed by atoms with Crippen LogP contribution in [0.2, 0.25) is 0 Å². The molecule has 1 N–H and O–H groups in total. The predicted octanol–water partition coefficient (Wildman–Crippen LogP) is 0.667. The number of para-hydroxylation sites is 2. The van der Waals surface area contributed by atoms with Crippen LogP contribution in [0, 0.1) is 0 Å². The van der Waals surface area contributed by atoms with Crippen molar-refractivity contribution in [1.29, 1.82) is 0 Å². The van der Waals surface area contributed by atoms with Gasteiger partial charge in [0.05, 0.1) is 5.46 Å². The molecule has 72 valence electrons. The average molecular weight is 198 g/mol. The highest BCUT2D eigenvalue weighted by molar-refractivity contribution is 6.63. The minimum Gasteiger partial charge on any atom is -0.519 e. The third-order valence-corrected chi connectivity index (χ3v) is 2.32. The van der Waals surface area contributed by atoms with Crippen LogP contribution in [-0.4, -0.2) is 7.12 Å². The Hall–Kier alpha value is -1.97. The summed E-state index contributed by atoms with van der Waals surface area (Å²) in [5.74, 6) is 1.60. The van der Waals surface area contributed by atoms with Crippen molar-refractivity contribution in [2.75, 3.05) is 0 Å². The molecule has 1 aromatic heterocycles. The number of rotatable bonds is 1. The van der Waals surface area contributed by atoms with Crippen molar-refractivity contribution in [1.82, 2.24) is 0 Å². The Morgan fingerprint density at radius 2 is 1.67 bits per heavy atom. The Kier molecular flexibility index (Phi) is 1.84. The molecule has 0 amide bonds. The number of nitrogens with one attached hydrogen (secondary N) is 1. The first-order valence-electron chi connectivity index (χ1n) is 4.82. The predicted molar refractivity (Wildman–Crippen MR) is 56.1 cm³/mol. The molecular weight excluding hydrogens is 189 g/mol. The van der Waals surface area contributed by atoms with Crippen LogP contribution in [0.4, 0.5) is 0 Å². The summed E-state index contributed by atoms with van der Waals surface area (Å²) in [4.78, 5) is 3.00. The summed E-state index contributed by atoms with van der Waals surface area (Å²) in [5, 5.41) is 0. The molecule has 1 aliphatic heterocycles. The molecule has 0 unspecified atom stereocenters. The van der Waals surface area contributed by atoms with E-state index in [1.54, 1.807) is 0 Å². The van der Waals surface area contributed by atoms with Crippen molar-refractivity contribution < 1.29 is 14.3 Å². The summed E-state index contributed by atoms with van der Waals surface area (Å²) in [5.41, 5.74) is 0.980. The van der Waals surface area contributed by atoms with E-state index in [2.05, 4.69) is 4.98 Å². The van der Waals surface area contributed by atoms with E-state index in [4.69, 9.17) is 9.31 Å². The van der Waals surface area contributed by atoms with Crippen molar-refractivity contribution in [3.63, 3.8) is 0 Å². The van der Waals surface area contributed by atoms with Gasteiger partial charge in [0, 0.05) is 6.07 Å². The monoisotopic (exact) mass is 198 g/mol. The third kappa shape index (κ3) is 1.44. The van der Waals surface area contributed by atoms with Gasteiger partial charge in [-0.1, -0.05) is 12.1 Å². The Labute approximate surface area is 87.8 Å². The van der Waals surface area contributed by atoms with Crippen molar-refractivity contribution in [3.05, 3.63) is 48.8 Å². The maximum atomic E-state index is 5.65. The standard InChI is InChI=1S/C11H8BNO2/c1-2-6-11-10(5-1)14-12(15-11)9-4-3-7-13-8-9/h1-8H/p+1. The molecule has 0 bridgehead atoms. The minimum atomic E-state index is -0.333. The molecule has 1 aliphatic rings. The third-order valence-electron chi connectivity index (χ3n) is 2.32. The first-order chi connectivity index (χ1) is 7.43. The number of aromatic nitrogens is 1. The lowest BCUT2D eigenvalue weighted by molar-refractivity contribution is -0.376. The van der Waals surface area contributed by atoms with Gasteiger partial charge in [0.25, 0.3) is 0 Å². The highest BCUT2D eigenvalue weighted by Crippen LogP contribution is 2.32. The normalized spacial score (nSPS) is 12.9. The summed E-state index contributed by atoms with van der Waals surface area (Å²) in [6.07, 6.45) is 3.72. The van der Waals surface area contributed by atoms with Gasteiger partial charge in [-0.15, -0.1) is 0 Å². The zero-order valence-electron chi connectivity index (χ0n) is 8.01. The van der Waals surface area contributed by atoms with Gasteiger partial charge in [0.2, 0.25) is 0 Å². The van der Waals surface area contributed by atoms with Crippen LogP contribution in [0.25, 0.3) is 0 Å². The molecular formula is C11H9BNO2+. The van der Waals surface area contributed by atoms with E-state index < -0.39 is 0 Å². The van der Waals surface area contributed by atoms with Crippen molar-refractivity contribution in [2.45, 2.75) is 0 Å². The number of hydrogen-bond donors (Lipinski definition) is 0. The molecule has 0 fully saturated rings. The Morgan fingerprint density at radius 1 is 0.933 bits per heavy atom. The number of benzene rings is 1. The summed E-state index contributed by atoms with van der Waals surface area (Å²) in [7, 11) is -0.333. The lowest BCUT2D eigenvalue weighted by Crippen LogP contribution is -2.40. The van der Waals surface area contributed by atoms with Crippen LogP contribution in [0.15, 0.2) is 48.8 Å². The van der Waals surface area contributed by atoms with Gasteiger partial charge in [-0.05, 0) is 18.2 Å². The van der Waals surface area contributed by atoms with E-state index in [9.17, 15) is 0 Å². The van der Waals surface area contributed by atoms with E-state index in [-0.39, 0.29) is 7.12 Å². The molecule has 0 atom stereocenters. The second-order valence-corrected chi connectivity index (χ2v) is 3.35. The number of hydrogen-bond acceptors (Lipinski definition) is 2. The van der Waals surface area contributed by atoms with Gasteiger partial charge in [-0.25, -0.2) is 4.98 Å².